The van der Waals surface area contributed by atoms with E-state index in [4.69, 9.17) is 14.6 Å². The highest BCUT2D eigenvalue weighted by molar-refractivity contribution is 5.88. The SMILES string of the molecule is Cc1ccc(/C=C\CCCOC(C(=O)NCCCCCc2ccc3ccccc3c2)C(OCC(=O)O)C(=O)O)cc1. The topological polar surface area (TPSA) is 122 Å². The largest absolute Gasteiger partial charge is 0.480 e. The number of hydrogen-bond donors (Lipinski definition) is 3. The standard InChI is InChI=1S/C33H39NO7/c1-24-14-16-25(17-15-24)10-5-3-9-21-40-30(31(33(38)39)41-23-29(35)36)32(37)34-20-8-2-4-11-26-18-19-27-12-6-7-13-28(27)22-26/h5-7,10,12-19,22,30-31H,2-4,8-9,11,20-21,23H2,1H3,(H,34,37)(H,35,36)(H,38,39)/b10-5-. The summed E-state index contributed by atoms with van der Waals surface area (Å²) in [5.41, 5.74) is 3.51. The Labute approximate surface area is 241 Å². The molecule has 3 aromatic rings. The van der Waals surface area contributed by atoms with Crippen LogP contribution in [0.4, 0.5) is 0 Å². The number of rotatable bonds is 18. The molecule has 0 saturated carbocycles. The van der Waals surface area contributed by atoms with Crippen LogP contribution in [-0.4, -0.2) is 60.0 Å². The van der Waals surface area contributed by atoms with Crippen molar-refractivity contribution in [2.75, 3.05) is 19.8 Å². The van der Waals surface area contributed by atoms with E-state index in [0.29, 0.717) is 25.8 Å². The molecule has 0 fully saturated rings. The van der Waals surface area contributed by atoms with Crippen LogP contribution < -0.4 is 5.32 Å². The van der Waals surface area contributed by atoms with Gasteiger partial charge in [0.05, 0.1) is 0 Å². The number of fused-ring (bicyclic) bond motifs is 1. The predicted octanol–water partition coefficient (Wildman–Crippen LogP) is 5.41. The lowest BCUT2D eigenvalue weighted by atomic mass is 10.0. The molecule has 3 N–H and O–H groups in total. The lowest BCUT2D eigenvalue weighted by Gasteiger charge is -2.23. The number of amides is 1. The number of ether oxygens (including phenoxy) is 2. The molecule has 0 spiro atoms. The molecule has 0 aliphatic carbocycles. The molecule has 0 radical (unpaired) electrons. The maximum Gasteiger partial charge on any atom is 0.336 e. The molecule has 41 heavy (non-hydrogen) atoms. The van der Waals surface area contributed by atoms with E-state index < -0.39 is 36.7 Å². The molecule has 1 amide bonds. The molecule has 2 atom stereocenters. The number of carboxylic acid groups (broad SMARTS) is 2. The van der Waals surface area contributed by atoms with Gasteiger partial charge in [-0.15, -0.1) is 0 Å². The van der Waals surface area contributed by atoms with Crippen molar-refractivity contribution in [3.8, 4) is 0 Å². The number of unbranched alkanes of at least 4 members (excludes halogenated alkanes) is 3. The van der Waals surface area contributed by atoms with E-state index in [1.807, 2.05) is 55.5 Å². The fraction of sp³-hybridized carbons (Fsp3) is 0.364. The Morgan fingerprint density at radius 1 is 0.854 bits per heavy atom. The lowest BCUT2D eigenvalue weighted by Crippen LogP contribution is -2.49. The number of carbonyl (C=O) groups is 3. The molecule has 0 aliphatic rings. The number of hydrogen-bond acceptors (Lipinski definition) is 5. The number of benzene rings is 3. The highest BCUT2D eigenvalue weighted by Gasteiger charge is 2.36. The summed E-state index contributed by atoms with van der Waals surface area (Å²) in [6, 6.07) is 22.8. The summed E-state index contributed by atoms with van der Waals surface area (Å²) in [6.45, 7) is 1.64. The molecular weight excluding hydrogens is 522 g/mol. The van der Waals surface area contributed by atoms with Crippen LogP contribution in [0.25, 0.3) is 16.8 Å². The predicted molar refractivity (Wildman–Crippen MR) is 159 cm³/mol. The van der Waals surface area contributed by atoms with Crippen molar-refractivity contribution < 1.29 is 34.1 Å². The Hall–Kier alpha value is -4.01. The summed E-state index contributed by atoms with van der Waals surface area (Å²) < 4.78 is 10.7. The molecule has 2 unspecified atom stereocenters. The quantitative estimate of drug-likeness (QED) is 0.178. The van der Waals surface area contributed by atoms with Crippen molar-refractivity contribution in [1.29, 1.82) is 0 Å². The Kier molecular flexibility index (Phi) is 13.0. The van der Waals surface area contributed by atoms with Crippen LogP contribution in [0.5, 0.6) is 0 Å². The second kappa shape index (κ2) is 16.9. The van der Waals surface area contributed by atoms with Gasteiger partial charge in [-0.1, -0.05) is 90.9 Å². The lowest BCUT2D eigenvalue weighted by molar-refractivity contribution is -0.172. The molecule has 3 aromatic carbocycles. The molecule has 0 saturated heterocycles. The number of allylic oxidation sites excluding steroid dienone is 1. The molecule has 3 rings (SSSR count). The van der Waals surface area contributed by atoms with Crippen LogP contribution in [0.15, 0.2) is 72.8 Å². The summed E-state index contributed by atoms with van der Waals surface area (Å²) >= 11 is 0. The van der Waals surface area contributed by atoms with E-state index in [2.05, 4.69) is 35.6 Å². The van der Waals surface area contributed by atoms with Crippen LogP contribution in [0, 0.1) is 6.92 Å². The van der Waals surface area contributed by atoms with Crippen LogP contribution in [0.2, 0.25) is 0 Å². The van der Waals surface area contributed by atoms with Crippen molar-refractivity contribution in [3.63, 3.8) is 0 Å². The van der Waals surface area contributed by atoms with Crippen molar-refractivity contribution >= 4 is 34.7 Å². The van der Waals surface area contributed by atoms with Gasteiger partial charge >= 0.3 is 11.9 Å². The summed E-state index contributed by atoms with van der Waals surface area (Å²) in [4.78, 5) is 35.7. The highest BCUT2D eigenvalue weighted by Crippen LogP contribution is 2.17. The molecule has 0 heterocycles. The van der Waals surface area contributed by atoms with Gasteiger partial charge in [0.1, 0.15) is 6.61 Å². The zero-order valence-corrected chi connectivity index (χ0v) is 23.5. The van der Waals surface area contributed by atoms with Gasteiger partial charge in [0.25, 0.3) is 5.91 Å². The van der Waals surface area contributed by atoms with E-state index >= 15 is 0 Å². The summed E-state index contributed by atoms with van der Waals surface area (Å²) in [5, 5.41) is 23.7. The average Bonchev–Trinajstić information content (AvgIpc) is 2.96. The minimum absolute atomic E-state index is 0.113. The van der Waals surface area contributed by atoms with Gasteiger partial charge in [0, 0.05) is 13.2 Å². The first kappa shape index (κ1) is 31.5. The van der Waals surface area contributed by atoms with E-state index in [0.717, 1.165) is 24.8 Å². The number of aliphatic carboxylic acids is 2. The zero-order chi connectivity index (χ0) is 29.5. The number of nitrogens with one attached hydrogen (secondary N) is 1. The maximum absolute atomic E-state index is 12.9. The highest BCUT2D eigenvalue weighted by atomic mass is 16.6. The van der Waals surface area contributed by atoms with Gasteiger partial charge in [-0.25, -0.2) is 9.59 Å². The Morgan fingerprint density at radius 2 is 1.61 bits per heavy atom. The van der Waals surface area contributed by atoms with Crippen molar-refractivity contribution in [3.05, 3.63) is 89.5 Å². The van der Waals surface area contributed by atoms with E-state index in [1.165, 1.54) is 21.9 Å². The van der Waals surface area contributed by atoms with Crippen molar-refractivity contribution in [1.82, 2.24) is 5.32 Å². The Balaban J connectivity index is 1.45. The van der Waals surface area contributed by atoms with E-state index in [-0.39, 0.29) is 6.61 Å². The minimum Gasteiger partial charge on any atom is -0.480 e. The van der Waals surface area contributed by atoms with Gasteiger partial charge in [0.15, 0.2) is 12.2 Å². The molecule has 8 heteroatoms. The van der Waals surface area contributed by atoms with Crippen LogP contribution in [0.3, 0.4) is 0 Å². The molecule has 0 aliphatic heterocycles. The first-order chi connectivity index (χ1) is 19.8. The summed E-state index contributed by atoms with van der Waals surface area (Å²) in [5.74, 6) is -3.42. The van der Waals surface area contributed by atoms with Gasteiger partial charge in [-0.3, -0.25) is 4.79 Å². The van der Waals surface area contributed by atoms with Gasteiger partial charge in [-0.2, -0.15) is 0 Å². The summed E-state index contributed by atoms with van der Waals surface area (Å²) in [6.07, 6.45) is 5.44. The fourth-order valence-corrected chi connectivity index (χ4v) is 4.40. The average molecular weight is 562 g/mol. The minimum atomic E-state index is -1.73. The van der Waals surface area contributed by atoms with Crippen LogP contribution >= 0.6 is 0 Å². The first-order valence-corrected chi connectivity index (χ1v) is 14.0. The normalized spacial score (nSPS) is 12.8. The van der Waals surface area contributed by atoms with E-state index in [9.17, 15) is 19.5 Å². The van der Waals surface area contributed by atoms with Gasteiger partial charge < -0.3 is 25.0 Å². The van der Waals surface area contributed by atoms with Gasteiger partial charge in [0.2, 0.25) is 0 Å². The zero-order valence-electron chi connectivity index (χ0n) is 23.5. The third-order valence-electron chi connectivity index (χ3n) is 6.62. The molecule has 0 bridgehead atoms. The second-order valence-electron chi connectivity index (χ2n) is 9.99. The summed E-state index contributed by atoms with van der Waals surface area (Å²) in [7, 11) is 0. The monoisotopic (exact) mass is 561 g/mol. The molecule has 218 valence electrons. The molecule has 8 nitrogen and oxygen atoms in total. The molecule has 0 aromatic heterocycles. The number of aryl methyl sites for hydroxylation is 2. The smallest absolute Gasteiger partial charge is 0.336 e. The third kappa shape index (κ3) is 11.2. The Bertz CT molecular complexity index is 1300. The number of carboxylic acids is 2. The third-order valence-corrected chi connectivity index (χ3v) is 6.62. The van der Waals surface area contributed by atoms with Crippen LogP contribution in [0.1, 0.15) is 48.8 Å². The van der Waals surface area contributed by atoms with Crippen LogP contribution in [-0.2, 0) is 30.3 Å². The second-order valence-corrected chi connectivity index (χ2v) is 9.99. The van der Waals surface area contributed by atoms with Gasteiger partial charge in [-0.05, 0) is 60.9 Å². The van der Waals surface area contributed by atoms with E-state index in [1.54, 1.807) is 0 Å². The Morgan fingerprint density at radius 3 is 2.34 bits per heavy atom. The van der Waals surface area contributed by atoms with Crippen molar-refractivity contribution in [2.45, 2.75) is 57.7 Å². The van der Waals surface area contributed by atoms with Crippen molar-refractivity contribution in [2.24, 2.45) is 0 Å². The molecular formula is C33H39NO7. The number of carbonyl (C=O) groups excluding carboxylic acids is 1. The fourth-order valence-electron chi connectivity index (χ4n) is 4.40. The maximum atomic E-state index is 12.9. The first-order valence-electron chi connectivity index (χ1n) is 14.0.